The number of allylic oxidation sites excluding steroid dienone is 1. The quantitative estimate of drug-likeness (QED) is 0.346. The van der Waals surface area contributed by atoms with E-state index in [0.717, 1.165) is 12.1 Å². The Labute approximate surface area is 172 Å². The summed E-state index contributed by atoms with van der Waals surface area (Å²) in [5.41, 5.74) is -2.65. The summed E-state index contributed by atoms with van der Waals surface area (Å²) >= 11 is 0. The zero-order valence-electron chi connectivity index (χ0n) is 18.1. The van der Waals surface area contributed by atoms with Crippen LogP contribution >= 0.6 is 0 Å². The Kier molecular flexibility index (Phi) is 7.27. The summed E-state index contributed by atoms with van der Waals surface area (Å²) in [5, 5.41) is 21.2. The van der Waals surface area contributed by atoms with E-state index in [1.165, 1.54) is 27.9 Å². The molecule has 2 N–H and O–H groups in total. The van der Waals surface area contributed by atoms with Gasteiger partial charge >= 0.3 is 11.9 Å². The number of hydrogen-bond acceptors (Lipinski definition) is 8. The number of nitrogens with zero attached hydrogens (tertiary/aromatic N) is 1. The first-order valence-electron chi connectivity index (χ1n) is 9.89. The summed E-state index contributed by atoms with van der Waals surface area (Å²) in [7, 11) is 1.34. The summed E-state index contributed by atoms with van der Waals surface area (Å²) in [6, 6.07) is -0.161. The third kappa shape index (κ3) is 4.55. The van der Waals surface area contributed by atoms with Crippen LogP contribution in [0.3, 0.4) is 0 Å². The van der Waals surface area contributed by atoms with Gasteiger partial charge in [-0.2, -0.15) is 0 Å². The second-order valence-electron chi connectivity index (χ2n) is 8.20. The molecule has 1 fully saturated rings. The molecule has 8 heteroatoms. The maximum Gasteiger partial charge on any atom is 0.344 e. The lowest BCUT2D eigenvalue weighted by atomic mass is 9.81. The number of hydrogen-bond donors (Lipinski definition) is 2. The number of methoxy groups -OCH3 is 1. The third-order valence-corrected chi connectivity index (χ3v) is 5.98. The molecule has 1 saturated heterocycles. The van der Waals surface area contributed by atoms with Gasteiger partial charge in [-0.15, -0.1) is 0 Å². The number of carbonyl (C=O) groups is 2. The highest BCUT2D eigenvalue weighted by Gasteiger charge is 2.55. The van der Waals surface area contributed by atoms with Gasteiger partial charge in [0.1, 0.15) is 18.3 Å². The van der Waals surface area contributed by atoms with E-state index >= 15 is 0 Å². The van der Waals surface area contributed by atoms with Crippen LogP contribution in [-0.2, 0) is 23.8 Å². The van der Waals surface area contributed by atoms with Crippen molar-refractivity contribution in [3.8, 4) is 0 Å². The molecule has 8 nitrogen and oxygen atoms in total. The van der Waals surface area contributed by atoms with Gasteiger partial charge in [0.15, 0.2) is 0 Å². The number of rotatable bonds is 8. The summed E-state index contributed by atoms with van der Waals surface area (Å²) in [6.45, 7) is 9.03. The summed E-state index contributed by atoms with van der Waals surface area (Å²) in [4.78, 5) is 27.0. The molecule has 0 radical (unpaired) electrons. The van der Waals surface area contributed by atoms with E-state index in [2.05, 4.69) is 4.90 Å². The molecule has 164 valence electrons. The van der Waals surface area contributed by atoms with Crippen molar-refractivity contribution in [3.63, 3.8) is 0 Å². The Morgan fingerprint density at radius 3 is 2.59 bits per heavy atom. The van der Waals surface area contributed by atoms with Crippen molar-refractivity contribution >= 4 is 11.9 Å². The van der Waals surface area contributed by atoms with Gasteiger partial charge < -0.3 is 24.4 Å². The van der Waals surface area contributed by atoms with E-state index in [1.54, 1.807) is 19.9 Å². The molecule has 0 spiro atoms. The summed E-state index contributed by atoms with van der Waals surface area (Å²) in [6.07, 6.45) is 3.05. The average molecular weight is 411 g/mol. The normalized spacial score (nSPS) is 25.8. The van der Waals surface area contributed by atoms with E-state index in [-0.39, 0.29) is 24.7 Å². The van der Waals surface area contributed by atoms with Gasteiger partial charge in [-0.1, -0.05) is 12.2 Å². The van der Waals surface area contributed by atoms with Crippen molar-refractivity contribution in [3.05, 3.63) is 23.3 Å². The number of carbonyl (C=O) groups excluding carboxylic acids is 2. The van der Waals surface area contributed by atoms with Crippen LogP contribution in [0, 0.1) is 0 Å². The molecular weight excluding hydrogens is 378 g/mol. The Morgan fingerprint density at radius 2 is 2.03 bits per heavy atom. The molecular formula is C21H33NO7. The van der Waals surface area contributed by atoms with E-state index in [9.17, 15) is 19.8 Å². The number of ether oxygens (including phenoxy) is 3. The van der Waals surface area contributed by atoms with Crippen LogP contribution in [0.4, 0.5) is 0 Å². The highest BCUT2D eigenvalue weighted by molar-refractivity contribution is 5.87. The molecule has 2 aliphatic rings. The minimum Gasteiger partial charge on any atom is -0.459 e. The third-order valence-electron chi connectivity index (χ3n) is 5.98. The molecule has 2 aliphatic heterocycles. The molecule has 2 unspecified atom stereocenters. The molecule has 0 amide bonds. The Hall–Kier alpha value is -1.74. The first-order valence-corrected chi connectivity index (χ1v) is 9.89. The van der Waals surface area contributed by atoms with Gasteiger partial charge in [0.25, 0.3) is 0 Å². The van der Waals surface area contributed by atoms with Crippen molar-refractivity contribution in [1.29, 1.82) is 0 Å². The lowest BCUT2D eigenvalue weighted by Gasteiger charge is -2.40. The highest BCUT2D eigenvalue weighted by Crippen LogP contribution is 2.33. The largest absolute Gasteiger partial charge is 0.459 e. The fourth-order valence-corrected chi connectivity index (χ4v) is 3.82. The fraction of sp³-hybridized carbons (Fsp3) is 0.714. The predicted octanol–water partition coefficient (Wildman–Crippen LogP) is 0.959. The van der Waals surface area contributed by atoms with Crippen molar-refractivity contribution in [1.82, 2.24) is 4.90 Å². The molecule has 0 saturated carbocycles. The SMILES string of the molecule is CC=C(C)C(=O)O[C@H]1CCN2CC=C(COC(=O)C(O)(C(C)OC)C(C)(C)O)[C@H]12. The monoisotopic (exact) mass is 411 g/mol. The van der Waals surface area contributed by atoms with Crippen molar-refractivity contribution in [2.75, 3.05) is 26.8 Å². The number of fused-ring (bicyclic) bond motifs is 1. The summed E-state index contributed by atoms with van der Waals surface area (Å²) < 4.78 is 16.1. The van der Waals surface area contributed by atoms with Gasteiger partial charge in [0.05, 0.1) is 12.1 Å². The molecule has 0 bridgehead atoms. The molecule has 0 aliphatic carbocycles. The molecule has 29 heavy (non-hydrogen) atoms. The van der Waals surface area contributed by atoms with Crippen LogP contribution in [0.2, 0.25) is 0 Å². The molecule has 0 aromatic carbocycles. The van der Waals surface area contributed by atoms with E-state index < -0.39 is 23.3 Å². The zero-order valence-corrected chi connectivity index (χ0v) is 18.1. The van der Waals surface area contributed by atoms with Gasteiger partial charge in [-0.3, -0.25) is 4.90 Å². The standard InChI is InChI=1S/C21H33NO7/c1-7-13(2)18(23)29-16-9-11-22-10-8-15(17(16)22)12-28-19(24)21(26,14(3)27-6)20(4,5)25/h7-8,14,16-17,25-26H,9-12H2,1-6H3/t14?,16-,17+,21?/m0/s1. The Bertz CT molecular complexity index is 694. The minimum absolute atomic E-state index is 0.0640. The van der Waals surface area contributed by atoms with Gasteiger partial charge in [0.2, 0.25) is 5.60 Å². The van der Waals surface area contributed by atoms with Crippen molar-refractivity contribution < 1.29 is 34.0 Å². The molecule has 0 aromatic heterocycles. The number of esters is 2. The second kappa shape index (κ2) is 8.95. The smallest absolute Gasteiger partial charge is 0.344 e. The minimum atomic E-state index is -2.23. The molecule has 4 atom stereocenters. The Morgan fingerprint density at radius 1 is 1.38 bits per heavy atom. The van der Waals surface area contributed by atoms with Crippen LogP contribution in [-0.4, -0.2) is 83.3 Å². The fourth-order valence-electron chi connectivity index (χ4n) is 3.82. The predicted molar refractivity (Wildman–Crippen MR) is 106 cm³/mol. The lowest BCUT2D eigenvalue weighted by Crippen LogP contribution is -2.63. The van der Waals surface area contributed by atoms with Gasteiger partial charge in [-0.05, 0) is 46.6 Å². The average Bonchev–Trinajstić information content (AvgIpc) is 3.26. The van der Waals surface area contributed by atoms with Gasteiger partial charge in [0, 0.05) is 25.8 Å². The van der Waals surface area contributed by atoms with Crippen molar-refractivity contribution in [2.45, 2.75) is 70.5 Å². The van der Waals surface area contributed by atoms with E-state index in [4.69, 9.17) is 14.2 Å². The second-order valence-corrected chi connectivity index (χ2v) is 8.20. The van der Waals surface area contributed by atoms with E-state index in [1.807, 2.05) is 6.08 Å². The Balaban J connectivity index is 2.08. The maximum absolute atomic E-state index is 12.7. The zero-order chi connectivity index (χ0) is 22.0. The van der Waals surface area contributed by atoms with Crippen LogP contribution in [0.5, 0.6) is 0 Å². The van der Waals surface area contributed by atoms with Crippen molar-refractivity contribution in [2.24, 2.45) is 0 Å². The van der Waals surface area contributed by atoms with Crippen LogP contribution in [0.15, 0.2) is 23.3 Å². The molecule has 2 rings (SSSR count). The lowest BCUT2D eigenvalue weighted by molar-refractivity contribution is -0.216. The summed E-state index contributed by atoms with van der Waals surface area (Å²) in [5.74, 6) is -1.32. The first-order chi connectivity index (χ1) is 13.5. The molecule has 2 heterocycles. The first kappa shape index (κ1) is 23.5. The van der Waals surface area contributed by atoms with E-state index in [0.29, 0.717) is 18.5 Å². The maximum atomic E-state index is 12.7. The van der Waals surface area contributed by atoms with Crippen LogP contribution in [0.25, 0.3) is 0 Å². The topological polar surface area (TPSA) is 106 Å². The highest BCUT2D eigenvalue weighted by atomic mass is 16.6. The van der Waals surface area contributed by atoms with Gasteiger partial charge in [-0.25, -0.2) is 9.59 Å². The molecule has 0 aromatic rings. The van der Waals surface area contributed by atoms with Crippen LogP contribution < -0.4 is 0 Å². The number of aliphatic hydroxyl groups is 2. The van der Waals surface area contributed by atoms with Crippen LogP contribution in [0.1, 0.15) is 41.0 Å².